The molecule has 0 bridgehead atoms. The van der Waals surface area contributed by atoms with Crippen LogP contribution in [0.4, 0.5) is 0 Å². The minimum absolute atomic E-state index is 0.184. The number of carbonyl (C=O) groups excluding carboxylic acids is 1. The number of ether oxygens (including phenoxy) is 2. The fraction of sp³-hybridized carbons (Fsp3) is 0.500. The van der Waals surface area contributed by atoms with Crippen LogP contribution < -0.4 is 15.3 Å². The largest absolute Gasteiger partial charge is 0.462 e. The molecule has 7 atom stereocenters. The molecule has 0 saturated carbocycles. The molecule has 3 aliphatic rings. The summed E-state index contributed by atoms with van der Waals surface area (Å²) in [6.45, 7) is 4.21. The number of nitrogens with one attached hydrogen (secondary N) is 1. The van der Waals surface area contributed by atoms with Crippen molar-refractivity contribution in [3.63, 3.8) is 0 Å². The van der Waals surface area contributed by atoms with E-state index in [9.17, 15) is 24.8 Å². The van der Waals surface area contributed by atoms with Crippen LogP contribution in [0.1, 0.15) is 27.2 Å². The van der Waals surface area contributed by atoms with E-state index < -0.39 is 62.4 Å². The van der Waals surface area contributed by atoms with Gasteiger partial charge in [0.05, 0.1) is 18.4 Å². The number of aliphatic imine (C=N–C) groups is 1. The van der Waals surface area contributed by atoms with Crippen molar-refractivity contribution >= 4 is 25.9 Å². The van der Waals surface area contributed by atoms with E-state index in [1.807, 2.05) is 6.07 Å². The van der Waals surface area contributed by atoms with E-state index in [1.54, 1.807) is 50.3 Å². The van der Waals surface area contributed by atoms with E-state index >= 15 is 0 Å². The highest BCUT2D eigenvalue weighted by Crippen LogP contribution is 2.47. The van der Waals surface area contributed by atoms with E-state index in [0.717, 1.165) is 0 Å². The van der Waals surface area contributed by atoms with Crippen LogP contribution in [-0.2, 0) is 23.4 Å². The molecule has 1 unspecified atom stereocenters. The fourth-order valence-corrected chi connectivity index (χ4v) is 5.95. The summed E-state index contributed by atoms with van der Waals surface area (Å²) in [6.07, 6.45) is -1.83. The van der Waals surface area contributed by atoms with Crippen LogP contribution in [0.2, 0.25) is 0 Å². The van der Waals surface area contributed by atoms with Gasteiger partial charge in [0.1, 0.15) is 48.6 Å². The molecule has 3 heterocycles. The molecule has 1 fully saturated rings. The van der Waals surface area contributed by atoms with Crippen molar-refractivity contribution in [1.29, 1.82) is 5.26 Å². The van der Waals surface area contributed by atoms with Crippen LogP contribution in [0.3, 0.4) is 0 Å². The maximum atomic E-state index is 13.7. The van der Waals surface area contributed by atoms with Crippen LogP contribution in [0, 0.1) is 11.3 Å². The first-order valence-corrected chi connectivity index (χ1v) is 13.8. The van der Waals surface area contributed by atoms with E-state index in [-0.39, 0.29) is 18.0 Å². The number of fused-ring (bicyclic) bond motifs is 1. The van der Waals surface area contributed by atoms with Gasteiger partial charge >= 0.3 is 13.7 Å². The zero-order chi connectivity index (χ0) is 28.4. The normalized spacial score (nSPS) is 30.1. The Balaban J connectivity index is 1.51. The number of para-hydroxylation sites is 1. The fourth-order valence-electron chi connectivity index (χ4n) is 4.44. The van der Waals surface area contributed by atoms with Gasteiger partial charge in [-0.3, -0.25) is 14.3 Å². The standard InChI is InChI=1S/C24H31N6O8P/c1-14(2)36-23(33)15(3)29-39(34,38-16-7-5-4-6-8-16)35-11-18-20(31)21(32)24(12-25,37-18)19-10-9-17-22(26)27-13-28-30(17)19/h4-9,13-15,18-21,31-32H,10-11H2,1-3H3,(H,29,34)(H2,26,27,28)/t15-,18+,19?,20+,21+,24-,39-/m0/s1. The number of nitrogens with two attached hydrogens (primary N) is 1. The first-order valence-electron chi connectivity index (χ1n) is 12.3. The number of aliphatic hydroxyl groups is 2. The smallest absolute Gasteiger partial charge is 0.459 e. The molecule has 1 saturated heterocycles. The topological polar surface area (TPSA) is 201 Å². The first-order chi connectivity index (χ1) is 18.5. The van der Waals surface area contributed by atoms with Gasteiger partial charge in [0.15, 0.2) is 5.84 Å². The molecule has 3 aliphatic heterocycles. The second-order valence-electron chi connectivity index (χ2n) is 9.46. The van der Waals surface area contributed by atoms with Gasteiger partial charge in [-0.25, -0.2) is 9.56 Å². The number of hydrazone groups is 1. The molecular formula is C24H31N6O8P. The third kappa shape index (κ3) is 5.84. The predicted molar refractivity (Wildman–Crippen MR) is 138 cm³/mol. The molecule has 210 valence electrons. The highest BCUT2D eigenvalue weighted by Gasteiger charge is 2.62. The molecule has 39 heavy (non-hydrogen) atoms. The van der Waals surface area contributed by atoms with Gasteiger partial charge in [-0.15, -0.1) is 0 Å². The summed E-state index contributed by atoms with van der Waals surface area (Å²) in [5.74, 6) is -0.316. The maximum Gasteiger partial charge on any atom is 0.459 e. The lowest BCUT2D eigenvalue weighted by Gasteiger charge is -2.36. The number of esters is 1. The van der Waals surface area contributed by atoms with Gasteiger partial charge < -0.3 is 29.9 Å². The van der Waals surface area contributed by atoms with Crippen LogP contribution >= 0.6 is 7.75 Å². The van der Waals surface area contributed by atoms with E-state index in [2.05, 4.69) is 15.2 Å². The third-order valence-electron chi connectivity index (χ3n) is 6.31. The lowest BCUT2D eigenvalue weighted by atomic mass is 9.87. The second kappa shape index (κ2) is 11.4. The summed E-state index contributed by atoms with van der Waals surface area (Å²) in [7, 11) is -4.28. The average Bonchev–Trinajstić information content (AvgIpc) is 3.44. The van der Waals surface area contributed by atoms with Crippen molar-refractivity contribution in [2.45, 2.75) is 69.3 Å². The lowest BCUT2D eigenvalue weighted by Crippen LogP contribution is -2.56. The van der Waals surface area contributed by atoms with Crippen LogP contribution in [0.5, 0.6) is 5.75 Å². The number of nitrogens with zero attached hydrogens (tertiary/aromatic N) is 4. The molecule has 15 heteroatoms. The Labute approximate surface area is 225 Å². The molecule has 0 spiro atoms. The number of nitriles is 1. The van der Waals surface area contributed by atoms with E-state index in [4.69, 9.17) is 24.3 Å². The molecule has 0 amide bonds. The molecule has 0 radical (unpaired) electrons. The molecule has 1 aromatic carbocycles. The molecule has 14 nitrogen and oxygen atoms in total. The van der Waals surface area contributed by atoms with Gasteiger partial charge in [0.25, 0.3) is 0 Å². The maximum absolute atomic E-state index is 13.7. The highest BCUT2D eigenvalue weighted by molar-refractivity contribution is 7.52. The minimum atomic E-state index is -4.28. The summed E-state index contributed by atoms with van der Waals surface area (Å²) in [5, 5.41) is 40.0. The van der Waals surface area contributed by atoms with Crippen LogP contribution in [0.15, 0.2) is 52.2 Å². The van der Waals surface area contributed by atoms with Crippen molar-refractivity contribution < 1.29 is 38.1 Å². The molecular weight excluding hydrogens is 531 g/mol. The summed E-state index contributed by atoms with van der Waals surface area (Å²) in [4.78, 5) is 16.3. The SMILES string of the molecule is CC(C)OC(=O)[C@H](C)N[P@](=O)(OC[C@H]1O[C@@](C#N)(C2CC=C3C(N)=NC=NN32)[C@H](O)[C@@H]1O)Oc1ccccc1. The Bertz CT molecular complexity index is 1250. The number of hydrogen-bond donors (Lipinski definition) is 4. The Morgan fingerprint density at radius 2 is 2.08 bits per heavy atom. The molecule has 0 aromatic heterocycles. The van der Waals surface area contributed by atoms with E-state index in [1.165, 1.54) is 18.3 Å². The lowest BCUT2D eigenvalue weighted by molar-refractivity contribution is -0.149. The molecule has 5 N–H and O–H groups in total. The summed E-state index contributed by atoms with van der Waals surface area (Å²) < 4.78 is 36.0. The predicted octanol–water partition coefficient (Wildman–Crippen LogP) is 0.775. The molecule has 4 rings (SSSR count). The van der Waals surface area contributed by atoms with E-state index in [0.29, 0.717) is 5.70 Å². The van der Waals surface area contributed by atoms with Gasteiger partial charge in [-0.1, -0.05) is 24.3 Å². The number of benzene rings is 1. The zero-order valence-electron chi connectivity index (χ0n) is 21.6. The second-order valence-corrected chi connectivity index (χ2v) is 11.2. The Morgan fingerprint density at radius 3 is 2.74 bits per heavy atom. The van der Waals surface area contributed by atoms with Crippen molar-refractivity contribution in [3.05, 3.63) is 42.1 Å². The summed E-state index contributed by atoms with van der Waals surface area (Å²) in [5.41, 5.74) is 4.42. The molecule has 0 aliphatic carbocycles. The third-order valence-corrected chi connectivity index (χ3v) is 7.95. The van der Waals surface area contributed by atoms with Crippen LogP contribution in [0.25, 0.3) is 0 Å². The minimum Gasteiger partial charge on any atom is -0.462 e. The van der Waals surface area contributed by atoms with Gasteiger partial charge in [0.2, 0.25) is 5.60 Å². The first kappa shape index (κ1) is 28.7. The highest BCUT2D eigenvalue weighted by atomic mass is 31.2. The summed E-state index contributed by atoms with van der Waals surface area (Å²) >= 11 is 0. The number of rotatable bonds is 10. The van der Waals surface area contributed by atoms with Crippen LogP contribution in [-0.4, -0.2) is 82.1 Å². The summed E-state index contributed by atoms with van der Waals surface area (Å²) in [6, 6.07) is 8.18. The van der Waals surface area contributed by atoms with Crippen molar-refractivity contribution in [3.8, 4) is 11.8 Å². The number of amidine groups is 1. The molecule has 1 aromatic rings. The monoisotopic (exact) mass is 562 g/mol. The number of aliphatic hydroxyl groups excluding tert-OH is 2. The number of carbonyl (C=O) groups is 1. The zero-order valence-corrected chi connectivity index (χ0v) is 22.5. The number of hydrogen-bond acceptors (Lipinski definition) is 13. The quantitative estimate of drug-likeness (QED) is 0.231. The van der Waals surface area contributed by atoms with Crippen molar-refractivity contribution in [1.82, 2.24) is 10.1 Å². The average molecular weight is 563 g/mol. The Kier molecular flexibility index (Phi) is 8.41. The van der Waals surface area contributed by atoms with Gasteiger partial charge in [-0.2, -0.15) is 15.5 Å². The Morgan fingerprint density at radius 1 is 1.36 bits per heavy atom. The van der Waals surface area contributed by atoms with Crippen molar-refractivity contribution in [2.24, 2.45) is 15.8 Å². The van der Waals surface area contributed by atoms with Gasteiger partial charge in [0, 0.05) is 0 Å². The Hall–Kier alpha value is -3.31. The van der Waals surface area contributed by atoms with Crippen molar-refractivity contribution in [2.75, 3.05) is 6.61 Å². The van der Waals surface area contributed by atoms with Gasteiger partial charge in [-0.05, 0) is 39.3 Å².